The molecule has 3 aromatic rings. The van der Waals surface area contributed by atoms with Gasteiger partial charge in [0, 0.05) is 27.2 Å². The molecule has 0 fully saturated rings. The third-order valence-corrected chi connectivity index (χ3v) is 4.70. The molecule has 2 N–H and O–H groups in total. The number of imidazole rings is 1. The maximum atomic E-state index is 13.2. The largest absolute Gasteiger partial charge is 0.354 e. The van der Waals surface area contributed by atoms with Gasteiger partial charge in [0.1, 0.15) is 11.7 Å². The van der Waals surface area contributed by atoms with Crippen LogP contribution in [0, 0.1) is 5.82 Å². The minimum Gasteiger partial charge on any atom is -0.354 e. The zero-order valence-corrected chi connectivity index (χ0v) is 16.7. The third kappa shape index (κ3) is 4.16. The zero-order valence-electron chi connectivity index (χ0n) is 15.9. The maximum Gasteiger partial charge on any atom is 0.332 e. The molecule has 0 aliphatic carbocycles. The molecule has 0 saturated heterocycles. The SMILES string of the molecule is Cn1c(=O)c2c(nc(NCCNC(=O)CCl)n2Cc2ccc(F)cc2)n(C)c1=O. The highest BCUT2D eigenvalue weighted by Gasteiger charge is 2.19. The lowest BCUT2D eigenvalue weighted by molar-refractivity contribution is -0.118. The first kappa shape index (κ1) is 20.6. The monoisotopic (exact) mass is 422 g/mol. The fourth-order valence-electron chi connectivity index (χ4n) is 2.93. The second kappa shape index (κ2) is 8.48. The Kier molecular flexibility index (Phi) is 6.02. The molecule has 1 aromatic carbocycles. The minimum absolute atomic E-state index is 0.138. The summed E-state index contributed by atoms with van der Waals surface area (Å²) in [6, 6.07) is 5.88. The first-order valence-corrected chi connectivity index (χ1v) is 9.34. The number of hydrogen-bond acceptors (Lipinski definition) is 5. The van der Waals surface area contributed by atoms with Crippen LogP contribution in [0.4, 0.5) is 10.3 Å². The molecule has 0 aliphatic rings. The van der Waals surface area contributed by atoms with Crippen molar-refractivity contribution in [2.75, 3.05) is 24.3 Å². The van der Waals surface area contributed by atoms with Crippen molar-refractivity contribution in [3.63, 3.8) is 0 Å². The standard InChI is InChI=1S/C18H20ClFN6O3/c1-24-15-14(16(28)25(2)18(24)29)26(10-11-3-5-12(20)6-4-11)17(23-15)22-8-7-21-13(27)9-19/h3-6H,7-10H2,1-2H3,(H,21,27)(H,22,23). The number of halogens is 2. The number of nitrogens with one attached hydrogen (secondary N) is 2. The van der Waals surface area contributed by atoms with E-state index in [1.807, 2.05) is 0 Å². The van der Waals surface area contributed by atoms with Crippen molar-refractivity contribution in [2.24, 2.45) is 14.1 Å². The van der Waals surface area contributed by atoms with Gasteiger partial charge in [-0.05, 0) is 17.7 Å². The number of anilines is 1. The number of rotatable bonds is 7. The van der Waals surface area contributed by atoms with Crippen LogP contribution in [-0.2, 0) is 25.4 Å². The Morgan fingerprint density at radius 3 is 2.48 bits per heavy atom. The molecule has 1 amide bonds. The van der Waals surface area contributed by atoms with Gasteiger partial charge in [0.15, 0.2) is 11.2 Å². The second-order valence-electron chi connectivity index (χ2n) is 6.44. The van der Waals surface area contributed by atoms with Gasteiger partial charge in [-0.2, -0.15) is 4.98 Å². The van der Waals surface area contributed by atoms with Crippen molar-refractivity contribution in [2.45, 2.75) is 6.54 Å². The predicted molar refractivity (Wildman–Crippen MR) is 108 cm³/mol. The van der Waals surface area contributed by atoms with Crippen LogP contribution in [0.2, 0.25) is 0 Å². The fraction of sp³-hybridized carbons (Fsp3) is 0.333. The van der Waals surface area contributed by atoms with Gasteiger partial charge >= 0.3 is 5.69 Å². The Morgan fingerprint density at radius 1 is 1.14 bits per heavy atom. The molecule has 0 radical (unpaired) electrons. The summed E-state index contributed by atoms with van der Waals surface area (Å²) in [5.41, 5.74) is 0.245. The first-order chi connectivity index (χ1) is 13.8. The Balaban J connectivity index is 2.03. The first-order valence-electron chi connectivity index (χ1n) is 8.80. The average Bonchev–Trinajstić information content (AvgIpc) is 3.07. The Morgan fingerprint density at radius 2 is 1.83 bits per heavy atom. The number of fused-ring (bicyclic) bond motifs is 1. The molecule has 29 heavy (non-hydrogen) atoms. The number of alkyl halides is 1. The van der Waals surface area contributed by atoms with E-state index in [1.54, 1.807) is 16.7 Å². The van der Waals surface area contributed by atoms with E-state index in [-0.39, 0.29) is 35.3 Å². The highest BCUT2D eigenvalue weighted by molar-refractivity contribution is 6.27. The second-order valence-corrected chi connectivity index (χ2v) is 6.70. The van der Waals surface area contributed by atoms with Crippen LogP contribution in [-0.4, -0.2) is 43.6 Å². The van der Waals surface area contributed by atoms with Crippen molar-refractivity contribution in [1.82, 2.24) is 24.0 Å². The molecule has 0 aliphatic heterocycles. The van der Waals surface area contributed by atoms with Gasteiger partial charge < -0.3 is 10.6 Å². The van der Waals surface area contributed by atoms with Crippen LogP contribution in [0.5, 0.6) is 0 Å². The van der Waals surface area contributed by atoms with Gasteiger partial charge in [-0.3, -0.25) is 23.3 Å². The van der Waals surface area contributed by atoms with E-state index in [2.05, 4.69) is 15.6 Å². The normalized spacial score (nSPS) is 11.0. The molecule has 0 saturated carbocycles. The van der Waals surface area contributed by atoms with E-state index in [9.17, 15) is 18.8 Å². The van der Waals surface area contributed by atoms with Gasteiger partial charge in [-0.1, -0.05) is 12.1 Å². The van der Waals surface area contributed by atoms with Crippen LogP contribution in [0.25, 0.3) is 11.2 Å². The number of aromatic nitrogens is 4. The summed E-state index contributed by atoms with van der Waals surface area (Å²) in [6.45, 7) is 0.854. The summed E-state index contributed by atoms with van der Waals surface area (Å²) in [6.07, 6.45) is 0. The summed E-state index contributed by atoms with van der Waals surface area (Å²) in [5.74, 6) is -0.454. The van der Waals surface area contributed by atoms with Crippen LogP contribution in [0.3, 0.4) is 0 Å². The summed E-state index contributed by atoms with van der Waals surface area (Å²) < 4.78 is 17.2. The molecule has 0 bridgehead atoms. The van der Waals surface area contributed by atoms with Gasteiger partial charge in [-0.15, -0.1) is 11.6 Å². The predicted octanol–water partition coefficient (Wildman–Crippen LogP) is 0.388. The summed E-state index contributed by atoms with van der Waals surface area (Å²) in [4.78, 5) is 40.7. The highest BCUT2D eigenvalue weighted by Crippen LogP contribution is 2.18. The maximum absolute atomic E-state index is 13.2. The summed E-state index contributed by atoms with van der Waals surface area (Å²) >= 11 is 5.45. The number of amides is 1. The van der Waals surface area contributed by atoms with Crippen LogP contribution < -0.4 is 21.9 Å². The van der Waals surface area contributed by atoms with Crippen LogP contribution >= 0.6 is 11.6 Å². The molecular weight excluding hydrogens is 403 g/mol. The van der Waals surface area contributed by atoms with E-state index in [0.29, 0.717) is 19.0 Å². The van der Waals surface area contributed by atoms with Crippen molar-refractivity contribution >= 4 is 34.6 Å². The summed E-state index contributed by atoms with van der Waals surface area (Å²) in [5, 5.41) is 5.68. The average molecular weight is 423 g/mol. The number of hydrogen-bond donors (Lipinski definition) is 2. The molecule has 3 rings (SSSR count). The topological polar surface area (TPSA) is 103 Å². The molecule has 0 spiro atoms. The van der Waals surface area contributed by atoms with E-state index in [0.717, 1.165) is 10.1 Å². The van der Waals surface area contributed by atoms with Crippen molar-refractivity contribution in [1.29, 1.82) is 0 Å². The lowest BCUT2D eigenvalue weighted by Gasteiger charge is -2.11. The quantitative estimate of drug-likeness (QED) is 0.423. The van der Waals surface area contributed by atoms with Gasteiger partial charge in [0.2, 0.25) is 11.9 Å². The summed E-state index contributed by atoms with van der Waals surface area (Å²) in [7, 11) is 2.93. The van der Waals surface area contributed by atoms with Crippen molar-refractivity contribution < 1.29 is 9.18 Å². The van der Waals surface area contributed by atoms with Crippen molar-refractivity contribution in [3.8, 4) is 0 Å². The highest BCUT2D eigenvalue weighted by atomic mass is 35.5. The van der Waals surface area contributed by atoms with Crippen LogP contribution in [0.1, 0.15) is 5.56 Å². The Labute approximate surface area is 169 Å². The van der Waals surface area contributed by atoms with E-state index in [1.165, 1.54) is 30.8 Å². The van der Waals surface area contributed by atoms with Gasteiger partial charge in [0.05, 0.1) is 6.54 Å². The van der Waals surface area contributed by atoms with Crippen molar-refractivity contribution in [3.05, 3.63) is 56.5 Å². The molecule has 0 atom stereocenters. The molecule has 2 heterocycles. The molecule has 9 nitrogen and oxygen atoms in total. The number of carbonyl (C=O) groups excluding carboxylic acids is 1. The lowest BCUT2D eigenvalue weighted by atomic mass is 10.2. The minimum atomic E-state index is -0.491. The van der Waals surface area contributed by atoms with E-state index in [4.69, 9.17) is 11.6 Å². The van der Waals surface area contributed by atoms with Gasteiger partial charge in [0.25, 0.3) is 5.56 Å². The van der Waals surface area contributed by atoms with Gasteiger partial charge in [-0.25, -0.2) is 9.18 Å². The Hall–Kier alpha value is -3.14. The Bertz CT molecular complexity index is 1170. The third-order valence-electron chi connectivity index (χ3n) is 4.45. The zero-order chi connectivity index (χ0) is 21.1. The molecule has 2 aromatic heterocycles. The smallest absolute Gasteiger partial charge is 0.332 e. The number of aryl methyl sites for hydroxylation is 1. The molecule has 0 unspecified atom stereocenters. The fourth-order valence-corrected chi connectivity index (χ4v) is 3.03. The number of carbonyl (C=O) groups is 1. The lowest BCUT2D eigenvalue weighted by Crippen LogP contribution is -2.37. The molecule has 154 valence electrons. The molecule has 11 heteroatoms. The number of nitrogens with zero attached hydrogens (tertiary/aromatic N) is 4. The van der Waals surface area contributed by atoms with E-state index < -0.39 is 11.2 Å². The van der Waals surface area contributed by atoms with Crippen LogP contribution in [0.15, 0.2) is 33.9 Å². The number of benzene rings is 1. The molecular formula is C18H20ClFN6O3. The van der Waals surface area contributed by atoms with E-state index >= 15 is 0 Å².